The van der Waals surface area contributed by atoms with E-state index in [-0.39, 0.29) is 36.6 Å². The molecule has 19 heteroatoms. The van der Waals surface area contributed by atoms with Gasteiger partial charge in [-0.05, 0) is 82.4 Å². The summed E-state index contributed by atoms with van der Waals surface area (Å²) in [6.45, 7) is 5.58. The fourth-order valence-electron chi connectivity index (χ4n) is 7.78. The lowest BCUT2D eigenvalue weighted by atomic mass is 9.85. The number of methoxy groups -OCH3 is 1. The number of alkyl halides is 3. The third kappa shape index (κ3) is 8.83. The van der Waals surface area contributed by atoms with Gasteiger partial charge < -0.3 is 29.7 Å². The van der Waals surface area contributed by atoms with E-state index in [1.165, 1.54) is 38.4 Å². The second-order valence-corrected chi connectivity index (χ2v) is 18.4. The number of sulfonamides is 1. The largest absolute Gasteiger partial charge is 0.494 e. The van der Waals surface area contributed by atoms with Gasteiger partial charge in [-0.1, -0.05) is 32.4 Å². The lowest BCUT2D eigenvalue weighted by Crippen LogP contribution is -2.59. The average molecular weight is 840 g/mol. The number of halogens is 4. The molecule has 2 aliphatic heterocycles. The van der Waals surface area contributed by atoms with E-state index in [1.54, 1.807) is 13.0 Å². The summed E-state index contributed by atoms with van der Waals surface area (Å²) in [4.78, 5) is 61.7. The zero-order chi connectivity index (χ0) is 42.4. The van der Waals surface area contributed by atoms with Gasteiger partial charge in [0.05, 0.1) is 30.0 Å². The Hall–Kier alpha value is -4.68. The molecule has 3 N–H and O–H groups in total. The Morgan fingerprint density at radius 3 is 2.53 bits per heavy atom. The van der Waals surface area contributed by atoms with E-state index >= 15 is 0 Å². The maximum Gasteiger partial charge on any atom is 0.425 e. The first-order valence-corrected chi connectivity index (χ1v) is 20.9. The van der Waals surface area contributed by atoms with E-state index in [9.17, 15) is 45.2 Å². The Labute approximate surface area is 333 Å². The van der Waals surface area contributed by atoms with Crippen molar-refractivity contribution >= 4 is 44.6 Å². The minimum Gasteiger partial charge on any atom is -0.494 e. The van der Waals surface area contributed by atoms with Crippen LogP contribution in [0.15, 0.2) is 36.5 Å². The second kappa shape index (κ2) is 16.2. The first-order chi connectivity index (χ1) is 27.2. The van der Waals surface area contributed by atoms with E-state index in [1.807, 2.05) is 13.0 Å². The topological polar surface area (TPSA) is 182 Å². The van der Waals surface area contributed by atoms with Gasteiger partial charge in [0.2, 0.25) is 27.7 Å². The van der Waals surface area contributed by atoms with E-state index < -0.39 is 92.2 Å². The summed E-state index contributed by atoms with van der Waals surface area (Å²) in [6.07, 6.45) is -2.49. The van der Waals surface area contributed by atoms with Gasteiger partial charge in [0, 0.05) is 17.7 Å². The normalized spacial score (nSPS) is 29.7. The maximum absolute atomic E-state index is 14.8. The Morgan fingerprint density at radius 1 is 1.16 bits per heavy atom. The molecular weight excluding hydrogens is 791 g/mol. The van der Waals surface area contributed by atoms with Crippen LogP contribution in [0.2, 0.25) is 0 Å². The number of aromatic nitrogens is 1. The molecule has 0 radical (unpaired) electrons. The zero-order valence-electron chi connectivity index (χ0n) is 32.9. The second-order valence-electron chi connectivity index (χ2n) is 16.2. The van der Waals surface area contributed by atoms with Gasteiger partial charge in [0.25, 0.3) is 5.91 Å². The number of nitrogens with zero attached hydrogens (tertiary/aromatic N) is 2. The molecule has 4 aliphatic rings. The minimum atomic E-state index is -4.88. The highest BCUT2D eigenvalue weighted by atomic mass is 32.2. The van der Waals surface area contributed by atoms with Crippen molar-refractivity contribution in [3.63, 3.8) is 0 Å². The quantitative estimate of drug-likeness (QED) is 0.228. The number of carbonyl (C=O) groups excluding carboxylic acids is 4. The number of fused-ring (bicyclic) bond motifs is 3. The first-order valence-electron chi connectivity index (χ1n) is 19.4. The van der Waals surface area contributed by atoms with Crippen LogP contribution >= 0.6 is 0 Å². The van der Waals surface area contributed by atoms with E-state index in [0.29, 0.717) is 56.6 Å². The van der Waals surface area contributed by atoms with Crippen molar-refractivity contribution in [2.45, 2.75) is 120 Å². The van der Waals surface area contributed by atoms with Crippen molar-refractivity contribution < 1.29 is 59.4 Å². The molecule has 3 fully saturated rings. The van der Waals surface area contributed by atoms with Crippen molar-refractivity contribution in [1.29, 1.82) is 0 Å². The van der Waals surface area contributed by atoms with Crippen LogP contribution in [-0.2, 0) is 29.1 Å². The molecule has 3 heterocycles. The number of ether oxygens (including phenoxy) is 3. The number of hydrogen-bond acceptors (Lipinski definition) is 10. The predicted octanol–water partition coefficient (Wildman–Crippen LogP) is 5.05. The van der Waals surface area contributed by atoms with Crippen LogP contribution < -0.4 is 24.8 Å². The molecule has 318 valence electrons. The number of amides is 4. The monoisotopic (exact) mass is 839 g/mol. The summed E-state index contributed by atoms with van der Waals surface area (Å²) < 4.78 is 98.4. The van der Waals surface area contributed by atoms with Crippen LogP contribution in [0.25, 0.3) is 10.8 Å². The summed E-state index contributed by atoms with van der Waals surface area (Å²) in [5, 5.41) is 5.82. The Morgan fingerprint density at radius 2 is 1.88 bits per heavy atom. The molecule has 0 spiro atoms. The lowest BCUT2D eigenvalue weighted by molar-refractivity contribution is -0.197. The van der Waals surface area contributed by atoms with Gasteiger partial charge in [-0.25, -0.2) is 22.6 Å². The first kappa shape index (κ1) is 42.9. The molecule has 2 aliphatic carbocycles. The van der Waals surface area contributed by atoms with Gasteiger partial charge in [0.15, 0.2) is 6.10 Å². The van der Waals surface area contributed by atoms with Gasteiger partial charge in [0.1, 0.15) is 35.3 Å². The Kier molecular flexibility index (Phi) is 12.0. The Bertz CT molecular complexity index is 2080. The SMILES string of the molecule is CC[C@@H]1C[C@H](C)CC/C=C\[C@@H]2C[C@@]2(C(=O)NS(=O)(=O)C2(C)CC2)NC(=O)[C@@H]2CC(Oc3ncc(OC)c4ccc(F)cc34)CN2C(=O)C1NC(=O)O[C@H](C)C(F)(F)F. The van der Waals surface area contributed by atoms with Crippen LogP contribution in [-0.4, -0.2) is 96.5 Å². The fraction of sp³-hybridized carbons (Fsp3) is 0.615. The smallest absolute Gasteiger partial charge is 0.425 e. The van der Waals surface area contributed by atoms with Crippen LogP contribution in [0.3, 0.4) is 0 Å². The van der Waals surface area contributed by atoms with Gasteiger partial charge in [-0.3, -0.25) is 19.1 Å². The summed E-state index contributed by atoms with van der Waals surface area (Å²) in [6, 6.07) is 1.04. The van der Waals surface area contributed by atoms with Gasteiger partial charge in [-0.2, -0.15) is 13.2 Å². The molecular formula is C39H49F4N5O9S. The number of benzene rings is 1. The molecule has 1 aromatic heterocycles. The molecule has 2 unspecified atom stereocenters. The van der Waals surface area contributed by atoms with E-state index in [2.05, 4.69) is 25.1 Å². The molecule has 8 atom stereocenters. The third-order valence-electron chi connectivity index (χ3n) is 11.9. The zero-order valence-corrected chi connectivity index (χ0v) is 33.7. The predicted molar refractivity (Wildman–Crippen MR) is 201 cm³/mol. The lowest BCUT2D eigenvalue weighted by Gasteiger charge is -2.34. The van der Waals surface area contributed by atoms with Crippen LogP contribution in [0.4, 0.5) is 22.4 Å². The van der Waals surface area contributed by atoms with Gasteiger partial charge >= 0.3 is 12.3 Å². The van der Waals surface area contributed by atoms with Crippen molar-refractivity contribution in [3.05, 3.63) is 42.4 Å². The number of alkyl carbamates (subject to hydrolysis) is 1. The van der Waals surface area contributed by atoms with Crippen LogP contribution in [0, 0.1) is 23.6 Å². The van der Waals surface area contributed by atoms with Crippen molar-refractivity contribution in [2.24, 2.45) is 17.8 Å². The van der Waals surface area contributed by atoms with Crippen LogP contribution in [0.5, 0.6) is 11.6 Å². The summed E-state index contributed by atoms with van der Waals surface area (Å²) >= 11 is 0. The summed E-state index contributed by atoms with van der Waals surface area (Å²) in [5.74, 6) is -4.15. The number of pyridine rings is 1. The highest BCUT2D eigenvalue weighted by molar-refractivity contribution is 7.91. The molecule has 58 heavy (non-hydrogen) atoms. The molecule has 1 aromatic carbocycles. The number of rotatable bonds is 9. The molecule has 4 amide bonds. The minimum absolute atomic E-state index is 0.0439. The number of nitrogens with one attached hydrogen (secondary N) is 3. The maximum atomic E-state index is 14.8. The fourth-order valence-corrected chi connectivity index (χ4v) is 9.09. The van der Waals surface area contributed by atoms with Crippen molar-refractivity contribution in [2.75, 3.05) is 13.7 Å². The molecule has 1 saturated heterocycles. The van der Waals surface area contributed by atoms with Crippen molar-refractivity contribution in [3.8, 4) is 11.6 Å². The number of hydrogen-bond donors (Lipinski definition) is 3. The number of allylic oxidation sites excluding steroid dienone is 1. The van der Waals surface area contributed by atoms with Crippen molar-refractivity contribution in [1.82, 2.24) is 25.2 Å². The molecule has 0 bridgehead atoms. The highest BCUT2D eigenvalue weighted by Gasteiger charge is 2.63. The van der Waals surface area contributed by atoms with Crippen LogP contribution in [0.1, 0.15) is 79.1 Å². The number of carbonyl (C=O) groups is 4. The molecule has 2 saturated carbocycles. The standard InChI is InChI=1S/C39H49F4N5O9S/c1-6-23-15-21(2)9-7-8-10-24-18-38(24,35(51)47-58(53,54)37(4)13-14-37)46-32(49)29-17-26(57-33-28-16-25(40)11-12-27(28)30(55-5)19-44-33)20-48(29)34(50)31(23)45-36(52)56-22(3)39(41,42)43/h8,10-12,16,19,21-24,26,29,31H,6-7,9,13-15,17-18,20H2,1-5H3,(H,45,52)(H,46,49)(H,47,51)/b10-8-/t21-,22-,23-,24-,26?,29+,31?,38-/m1/s1. The molecule has 2 aromatic rings. The highest BCUT2D eigenvalue weighted by Crippen LogP contribution is 2.48. The summed E-state index contributed by atoms with van der Waals surface area (Å²) in [7, 11) is -2.69. The summed E-state index contributed by atoms with van der Waals surface area (Å²) in [5.41, 5.74) is -1.68. The van der Waals surface area contributed by atoms with Gasteiger partial charge in [-0.15, -0.1) is 0 Å². The molecule has 14 nitrogen and oxygen atoms in total. The van der Waals surface area contributed by atoms with E-state index in [0.717, 1.165) is 4.90 Å². The Balaban J connectivity index is 1.37. The van der Waals surface area contributed by atoms with E-state index in [4.69, 9.17) is 9.47 Å². The average Bonchev–Trinajstić information content (AvgIpc) is 4.04. The molecule has 6 rings (SSSR count). The third-order valence-corrected chi connectivity index (χ3v) is 14.1.